The molecule has 0 unspecified atom stereocenters. The van der Waals surface area contributed by atoms with Crippen LogP contribution in [-0.4, -0.2) is 8.07 Å². The minimum atomic E-state index is -0.949. The first-order chi connectivity index (χ1) is 5.06. The zero-order valence-corrected chi connectivity index (χ0v) is 9.22. The fourth-order valence-corrected chi connectivity index (χ4v) is 1.37. The molecule has 0 rings (SSSR count). The van der Waals surface area contributed by atoms with Crippen molar-refractivity contribution in [3.8, 4) is 0 Å². The van der Waals surface area contributed by atoms with Crippen molar-refractivity contribution in [3.63, 3.8) is 0 Å². The van der Waals surface area contributed by atoms with Gasteiger partial charge in [0.05, 0.1) is 8.07 Å². The molecule has 0 radical (unpaired) electrons. The summed E-state index contributed by atoms with van der Waals surface area (Å²) in [5, 5.41) is 0. The molecule has 0 heterocycles. The van der Waals surface area contributed by atoms with Gasteiger partial charge in [-0.05, 0) is 6.42 Å². The molecule has 0 aliphatic carbocycles. The average molecular weight is 168 g/mol. The Labute approximate surface area is 72.0 Å². The highest BCUT2D eigenvalue weighted by Gasteiger charge is 2.05. The zero-order chi connectivity index (χ0) is 8.74. The van der Waals surface area contributed by atoms with Gasteiger partial charge in [0.2, 0.25) is 0 Å². The quantitative estimate of drug-likeness (QED) is 0.443. The van der Waals surface area contributed by atoms with Crippen molar-refractivity contribution < 1.29 is 0 Å². The molecule has 11 heavy (non-hydrogen) atoms. The molecule has 0 atom stereocenters. The first kappa shape index (κ1) is 10.7. The summed E-state index contributed by atoms with van der Waals surface area (Å²) in [5.41, 5.74) is 2.36. The van der Waals surface area contributed by atoms with Crippen molar-refractivity contribution in [3.05, 3.63) is 23.9 Å². The van der Waals surface area contributed by atoms with Crippen molar-refractivity contribution in [2.24, 2.45) is 0 Å². The Hall–Kier alpha value is -0.303. The van der Waals surface area contributed by atoms with Gasteiger partial charge >= 0.3 is 0 Å². The van der Waals surface area contributed by atoms with E-state index in [0.717, 1.165) is 0 Å². The summed E-state index contributed by atoms with van der Waals surface area (Å²) in [7, 11) is -0.949. The van der Waals surface area contributed by atoms with Gasteiger partial charge in [0, 0.05) is 0 Å². The maximum absolute atomic E-state index is 2.36. The lowest BCUT2D eigenvalue weighted by molar-refractivity contribution is 0.959. The summed E-state index contributed by atoms with van der Waals surface area (Å²) in [6.07, 6.45) is 9.05. The number of unbranched alkanes of at least 4 members (excludes halogenated alkanes) is 1. The molecule has 0 amide bonds. The lowest BCUT2D eigenvalue weighted by atomic mass is 10.3. The van der Waals surface area contributed by atoms with Gasteiger partial charge in [0.15, 0.2) is 0 Å². The van der Waals surface area contributed by atoms with Gasteiger partial charge in [-0.1, -0.05) is 56.9 Å². The van der Waals surface area contributed by atoms with E-state index in [4.69, 9.17) is 0 Å². The molecule has 0 saturated carbocycles. The van der Waals surface area contributed by atoms with Crippen LogP contribution in [0.3, 0.4) is 0 Å². The number of hydrogen-bond acceptors (Lipinski definition) is 0. The van der Waals surface area contributed by atoms with E-state index < -0.39 is 8.07 Å². The normalized spacial score (nSPS) is 13.5. The molecule has 0 bridgehead atoms. The first-order valence-electron chi connectivity index (χ1n) is 4.40. The van der Waals surface area contributed by atoms with Crippen LogP contribution in [0.5, 0.6) is 0 Å². The molecule has 0 aliphatic heterocycles. The predicted octanol–water partition coefficient (Wildman–Crippen LogP) is 3.78. The Morgan fingerprint density at radius 2 is 1.73 bits per heavy atom. The third kappa shape index (κ3) is 9.70. The van der Waals surface area contributed by atoms with Crippen molar-refractivity contribution in [2.75, 3.05) is 0 Å². The molecule has 0 spiro atoms. The molecule has 0 N–H and O–H groups in total. The second kappa shape index (κ2) is 5.36. The minimum Gasteiger partial charge on any atom is -0.0950 e. The Bertz CT molecular complexity index is 137. The van der Waals surface area contributed by atoms with Gasteiger partial charge in [-0.25, -0.2) is 0 Å². The van der Waals surface area contributed by atoms with Crippen LogP contribution in [0, 0.1) is 0 Å². The Balaban J connectivity index is 3.60. The molecule has 0 saturated heterocycles. The maximum atomic E-state index is 2.36. The molecule has 0 aromatic carbocycles. The molecule has 0 aromatic rings. The van der Waals surface area contributed by atoms with Crippen LogP contribution >= 0.6 is 0 Å². The van der Waals surface area contributed by atoms with Crippen LogP contribution in [0.25, 0.3) is 0 Å². The van der Waals surface area contributed by atoms with Crippen molar-refractivity contribution >= 4 is 8.07 Å². The largest absolute Gasteiger partial charge is 0.0950 e. The van der Waals surface area contributed by atoms with E-state index in [0.29, 0.717) is 0 Å². The number of hydrogen-bond donors (Lipinski definition) is 0. The van der Waals surface area contributed by atoms with E-state index in [1.54, 1.807) is 0 Å². The fraction of sp³-hybridized carbons (Fsp3) is 0.600. The SMILES string of the molecule is CCCC=CC=C[Si](C)(C)C. The molecular formula is C10H20Si. The second-order valence-corrected chi connectivity index (χ2v) is 9.01. The Morgan fingerprint density at radius 3 is 2.18 bits per heavy atom. The number of allylic oxidation sites excluding steroid dienone is 3. The van der Waals surface area contributed by atoms with Crippen LogP contribution in [-0.2, 0) is 0 Å². The lowest BCUT2D eigenvalue weighted by Gasteiger charge is -2.06. The van der Waals surface area contributed by atoms with Crippen molar-refractivity contribution in [1.82, 2.24) is 0 Å². The van der Waals surface area contributed by atoms with Gasteiger partial charge in [-0.2, -0.15) is 0 Å². The predicted molar refractivity (Wildman–Crippen MR) is 56.5 cm³/mol. The van der Waals surface area contributed by atoms with Gasteiger partial charge in [-0.3, -0.25) is 0 Å². The summed E-state index contributed by atoms with van der Waals surface area (Å²) in [6, 6.07) is 0. The molecule has 1 heteroatoms. The van der Waals surface area contributed by atoms with E-state index in [1.807, 2.05) is 0 Å². The first-order valence-corrected chi connectivity index (χ1v) is 7.98. The number of rotatable bonds is 4. The third-order valence-corrected chi connectivity index (χ3v) is 2.49. The van der Waals surface area contributed by atoms with Crippen LogP contribution in [0.2, 0.25) is 19.6 Å². The van der Waals surface area contributed by atoms with E-state index in [2.05, 4.69) is 50.5 Å². The molecule has 0 fully saturated rings. The Kier molecular flexibility index (Phi) is 5.21. The Morgan fingerprint density at radius 1 is 1.09 bits per heavy atom. The minimum absolute atomic E-state index is 0.949. The third-order valence-electron chi connectivity index (χ3n) is 1.30. The molecule has 0 aromatic heterocycles. The maximum Gasteiger partial charge on any atom is 0.0686 e. The summed E-state index contributed by atoms with van der Waals surface area (Å²) in [6.45, 7) is 9.23. The van der Waals surface area contributed by atoms with Gasteiger partial charge in [0.25, 0.3) is 0 Å². The van der Waals surface area contributed by atoms with Crippen LogP contribution in [0.1, 0.15) is 19.8 Å². The standard InChI is InChI=1S/C10H20Si/c1-5-6-7-8-9-10-11(2,3)4/h7-10H,5-6H2,1-4H3. The highest BCUT2D eigenvalue weighted by atomic mass is 28.3. The highest BCUT2D eigenvalue weighted by Crippen LogP contribution is 2.01. The van der Waals surface area contributed by atoms with Crippen LogP contribution < -0.4 is 0 Å². The zero-order valence-electron chi connectivity index (χ0n) is 8.22. The topological polar surface area (TPSA) is 0 Å². The summed E-state index contributed by atoms with van der Waals surface area (Å²) >= 11 is 0. The van der Waals surface area contributed by atoms with Gasteiger partial charge in [-0.15, -0.1) is 0 Å². The molecule has 64 valence electrons. The van der Waals surface area contributed by atoms with Gasteiger partial charge < -0.3 is 0 Å². The van der Waals surface area contributed by atoms with E-state index in [9.17, 15) is 0 Å². The monoisotopic (exact) mass is 168 g/mol. The van der Waals surface area contributed by atoms with Crippen molar-refractivity contribution in [1.29, 1.82) is 0 Å². The lowest BCUT2D eigenvalue weighted by Crippen LogP contribution is -2.14. The van der Waals surface area contributed by atoms with Gasteiger partial charge in [0.1, 0.15) is 0 Å². The average Bonchev–Trinajstić information content (AvgIpc) is 1.85. The van der Waals surface area contributed by atoms with Crippen LogP contribution in [0.4, 0.5) is 0 Å². The van der Waals surface area contributed by atoms with E-state index in [1.165, 1.54) is 12.8 Å². The molecular weight excluding hydrogens is 148 g/mol. The summed E-state index contributed by atoms with van der Waals surface area (Å²) in [5.74, 6) is 0. The smallest absolute Gasteiger partial charge is 0.0686 e. The van der Waals surface area contributed by atoms with E-state index >= 15 is 0 Å². The fourth-order valence-electron chi connectivity index (χ4n) is 0.686. The molecule has 0 nitrogen and oxygen atoms in total. The summed E-state index contributed by atoms with van der Waals surface area (Å²) < 4.78 is 0. The van der Waals surface area contributed by atoms with Crippen molar-refractivity contribution in [2.45, 2.75) is 39.4 Å². The second-order valence-electron chi connectivity index (χ2n) is 3.94. The molecule has 0 aliphatic rings. The van der Waals surface area contributed by atoms with Crippen LogP contribution in [0.15, 0.2) is 23.9 Å². The summed E-state index contributed by atoms with van der Waals surface area (Å²) in [4.78, 5) is 0. The highest BCUT2D eigenvalue weighted by molar-refractivity contribution is 6.80. The van der Waals surface area contributed by atoms with E-state index in [-0.39, 0.29) is 0 Å².